The Morgan fingerprint density at radius 2 is 1.95 bits per heavy atom. The number of nitro groups is 1. The van der Waals surface area contributed by atoms with E-state index in [2.05, 4.69) is 0 Å². The molecule has 2 aromatic rings. The van der Waals surface area contributed by atoms with Crippen molar-refractivity contribution in [2.75, 3.05) is 0 Å². The van der Waals surface area contributed by atoms with Gasteiger partial charge in [-0.3, -0.25) is 10.1 Å². The van der Waals surface area contributed by atoms with Gasteiger partial charge in [-0.2, -0.15) is 0 Å². The topological polar surface area (TPSA) is 80.4 Å². The molecule has 5 nitrogen and oxygen atoms in total. The van der Waals surface area contributed by atoms with Gasteiger partial charge in [-0.25, -0.2) is 4.79 Å². The van der Waals surface area contributed by atoms with Gasteiger partial charge >= 0.3 is 5.97 Å². The smallest absolute Gasteiger partial charge is 0.342 e. The van der Waals surface area contributed by atoms with Crippen LogP contribution in [0.25, 0.3) is 11.1 Å². The summed E-state index contributed by atoms with van der Waals surface area (Å²) < 4.78 is 0. The van der Waals surface area contributed by atoms with E-state index in [1.807, 2.05) is 13.0 Å². The van der Waals surface area contributed by atoms with E-state index in [0.29, 0.717) is 16.1 Å². The standard InChI is InChI=1S/C14H10ClNO4/c1-8-2-4-10(12(15)6-8)9-3-5-11(14(17)18)13(7-9)16(19)20/h2-7H,1H3,(H,17,18). The zero-order chi connectivity index (χ0) is 14.9. The minimum absolute atomic E-state index is 0.345. The molecule has 0 heterocycles. The second kappa shape index (κ2) is 5.30. The predicted molar refractivity (Wildman–Crippen MR) is 75.2 cm³/mol. The molecule has 0 atom stereocenters. The average molecular weight is 292 g/mol. The highest BCUT2D eigenvalue weighted by atomic mass is 35.5. The second-order valence-electron chi connectivity index (χ2n) is 4.28. The lowest BCUT2D eigenvalue weighted by Crippen LogP contribution is -2.02. The van der Waals surface area contributed by atoms with Crippen LogP contribution in [0.5, 0.6) is 0 Å². The number of hydrogen-bond donors (Lipinski definition) is 1. The SMILES string of the molecule is Cc1ccc(-c2ccc(C(=O)O)c([N+](=O)[O-])c2)c(Cl)c1. The molecule has 0 unspecified atom stereocenters. The molecule has 0 spiro atoms. The molecule has 2 rings (SSSR count). The second-order valence-corrected chi connectivity index (χ2v) is 4.68. The van der Waals surface area contributed by atoms with Crippen LogP contribution in [0, 0.1) is 17.0 Å². The highest BCUT2D eigenvalue weighted by Gasteiger charge is 2.20. The molecule has 102 valence electrons. The Morgan fingerprint density at radius 1 is 1.25 bits per heavy atom. The van der Waals surface area contributed by atoms with Gasteiger partial charge in [-0.15, -0.1) is 0 Å². The van der Waals surface area contributed by atoms with Crippen molar-refractivity contribution in [2.24, 2.45) is 0 Å². The molecular formula is C14H10ClNO4. The van der Waals surface area contributed by atoms with Crippen LogP contribution in [0.15, 0.2) is 36.4 Å². The van der Waals surface area contributed by atoms with Crippen LogP contribution < -0.4 is 0 Å². The lowest BCUT2D eigenvalue weighted by atomic mass is 10.0. The fraction of sp³-hybridized carbons (Fsp3) is 0.0714. The van der Waals surface area contributed by atoms with Crippen LogP contribution in [0.2, 0.25) is 5.02 Å². The van der Waals surface area contributed by atoms with E-state index in [4.69, 9.17) is 16.7 Å². The summed E-state index contributed by atoms with van der Waals surface area (Å²) >= 11 is 6.11. The van der Waals surface area contributed by atoms with Gasteiger partial charge in [0, 0.05) is 16.7 Å². The molecule has 0 saturated carbocycles. The van der Waals surface area contributed by atoms with Gasteiger partial charge < -0.3 is 5.11 Å². The Labute approximate surface area is 119 Å². The van der Waals surface area contributed by atoms with Gasteiger partial charge in [0.05, 0.1) is 4.92 Å². The summed E-state index contributed by atoms with van der Waals surface area (Å²) in [6.45, 7) is 1.88. The monoisotopic (exact) mass is 291 g/mol. The van der Waals surface area contributed by atoms with Crippen molar-refractivity contribution in [1.82, 2.24) is 0 Å². The van der Waals surface area contributed by atoms with Crippen molar-refractivity contribution in [3.8, 4) is 11.1 Å². The first-order valence-electron chi connectivity index (χ1n) is 5.68. The van der Waals surface area contributed by atoms with Crippen LogP contribution >= 0.6 is 11.6 Å². The Bertz CT molecular complexity index is 712. The first-order valence-corrected chi connectivity index (χ1v) is 6.06. The molecule has 20 heavy (non-hydrogen) atoms. The van der Waals surface area contributed by atoms with Crippen molar-refractivity contribution in [2.45, 2.75) is 6.92 Å². The van der Waals surface area contributed by atoms with Gasteiger partial charge in [-0.1, -0.05) is 29.8 Å². The number of aromatic carboxylic acids is 1. The summed E-state index contributed by atoms with van der Waals surface area (Å²) in [7, 11) is 0. The molecule has 0 fully saturated rings. The lowest BCUT2D eigenvalue weighted by Gasteiger charge is -2.06. The minimum Gasteiger partial charge on any atom is -0.477 e. The first-order chi connectivity index (χ1) is 9.40. The quantitative estimate of drug-likeness (QED) is 0.686. The highest BCUT2D eigenvalue weighted by molar-refractivity contribution is 6.33. The summed E-state index contributed by atoms with van der Waals surface area (Å²) in [4.78, 5) is 21.2. The molecule has 1 N–H and O–H groups in total. The van der Waals surface area contributed by atoms with Gasteiger partial charge in [0.25, 0.3) is 5.69 Å². The van der Waals surface area contributed by atoms with Crippen LogP contribution in [-0.4, -0.2) is 16.0 Å². The van der Waals surface area contributed by atoms with Crippen LogP contribution in [0.1, 0.15) is 15.9 Å². The number of carbonyl (C=O) groups is 1. The maximum Gasteiger partial charge on any atom is 0.342 e. The lowest BCUT2D eigenvalue weighted by molar-refractivity contribution is -0.385. The predicted octanol–water partition coefficient (Wildman–Crippen LogP) is 3.92. The summed E-state index contributed by atoms with van der Waals surface area (Å²) in [5.41, 5.74) is 1.30. The van der Waals surface area contributed by atoms with E-state index >= 15 is 0 Å². The molecule has 0 saturated heterocycles. The Kier molecular flexibility index (Phi) is 3.72. The van der Waals surface area contributed by atoms with Gasteiger partial charge in [-0.05, 0) is 30.2 Å². The van der Waals surface area contributed by atoms with Crippen molar-refractivity contribution in [3.63, 3.8) is 0 Å². The number of nitrogens with zero attached hydrogens (tertiary/aromatic N) is 1. The van der Waals surface area contributed by atoms with Crippen molar-refractivity contribution >= 4 is 23.3 Å². The van der Waals surface area contributed by atoms with Crippen molar-refractivity contribution < 1.29 is 14.8 Å². The number of hydrogen-bond acceptors (Lipinski definition) is 3. The maximum atomic E-state index is 11.0. The van der Waals surface area contributed by atoms with Crippen molar-refractivity contribution in [1.29, 1.82) is 0 Å². The third-order valence-corrected chi connectivity index (χ3v) is 3.17. The molecule has 6 heteroatoms. The normalized spacial score (nSPS) is 10.3. The zero-order valence-corrected chi connectivity index (χ0v) is 11.2. The van der Waals surface area contributed by atoms with E-state index in [-0.39, 0.29) is 5.56 Å². The molecule has 0 bridgehead atoms. The van der Waals surface area contributed by atoms with Gasteiger partial charge in [0.2, 0.25) is 0 Å². The molecule has 2 aromatic carbocycles. The minimum atomic E-state index is -1.33. The first kappa shape index (κ1) is 14.0. The Balaban J connectivity index is 2.62. The number of rotatable bonds is 3. The molecule has 0 aliphatic carbocycles. The van der Waals surface area contributed by atoms with Crippen LogP contribution in [-0.2, 0) is 0 Å². The number of nitro benzene ring substituents is 1. The summed E-state index contributed by atoms with van der Waals surface area (Å²) in [5, 5.41) is 20.4. The fourth-order valence-electron chi connectivity index (χ4n) is 1.89. The van der Waals surface area contributed by atoms with Gasteiger partial charge in [0.1, 0.15) is 5.56 Å². The zero-order valence-electron chi connectivity index (χ0n) is 10.5. The van der Waals surface area contributed by atoms with E-state index in [0.717, 1.165) is 5.56 Å². The summed E-state index contributed by atoms with van der Waals surface area (Å²) in [5.74, 6) is -1.33. The largest absolute Gasteiger partial charge is 0.477 e. The number of halogens is 1. The van der Waals surface area contributed by atoms with Crippen molar-refractivity contribution in [3.05, 3.63) is 62.7 Å². The van der Waals surface area contributed by atoms with Crippen LogP contribution in [0.3, 0.4) is 0 Å². The molecule has 0 radical (unpaired) electrons. The number of benzene rings is 2. The summed E-state index contributed by atoms with van der Waals surface area (Å²) in [6, 6.07) is 9.27. The maximum absolute atomic E-state index is 11.0. The molecule has 0 aromatic heterocycles. The third kappa shape index (κ3) is 2.62. The fourth-order valence-corrected chi connectivity index (χ4v) is 2.23. The van der Waals surface area contributed by atoms with E-state index < -0.39 is 16.6 Å². The van der Waals surface area contributed by atoms with Gasteiger partial charge in [0.15, 0.2) is 0 Å². The molecule has 0 aliphatic rings. The number of carboxylic acids is 1. The number of aryl methyl sites for hydroxylation is 1. The van der Waals surface area contributed by atoms with E-state index in [1.165, 1.54) is 18.2 Å². The van der Waals surface area contributed by atoms with E-state index in [9.17, 15) is 14.9 Å². The molecular weight excluding hydrogens is 282 g/mol. The van der Waals surface area contributed by atoms with E-state index in [1.54, 1.807) is 12.1 Å². The molecule has 0 aliphatic heterocycles. The average Bonchev–Trinajstić information content (AvgIpc) is 2.37. The Hall–Kier alpha value is -2.40. The number of carboxylic acid groups (broad SMARTS) is 1. The molecule has 0 amide bonds. The van der Waals surface area contributed by atoms with Crippen LogP contribution in [0.4, 0.5) is 5.69 Å². The summed E-state index contributed by atoms with van der Waals surface area (Å²) in [6.07, 6.45) is 0. The Morgan fingerprint density at radius 3 is 2.50 bits per heavy atom. The third-order valence-electron chi connectivity index (χ3n) is 2.86. The highest BCUT2D eigenvalue weighted by Crippen LogP contribution is 2.32.